The largest absolute Gasteiger partial charge is 0.349 e. The number of hydrogen-bond donors (Lipinski definition) is 0. The fraction of sp³-hybridized carbons (Fsp3) is 0.462. The maximum Gasteiger partial charge on any atom is 0.232 e. The minimum absolute atomic E-state index is 0.0173. The number of hydrogen-bond acceptors (Lipinski definition) is 3. The Morgan fingerprint density at radius 2 is 1.81 bits per heavy atom. The van der Waals surface area contributed by atoms with Gasteiger partial charge in [-0.1, -0.05) is 0 Å². The highest BCUT2D eigenvalue weighted by Crippen LogP contribution is 2.21. The molecular formula is C13H18F2N2O3S. The molecule has 5 nitrogen and oxygen atoms in total. The van der Waals surface area contributed by atoms with Crippen molar-refractivity contribution in [3.63, 3.8) is 0 Å². The fourth-order valence-electron chi connectivity index (χ4n) is 1.72. The molecule has 0 bridgehead atoms. The first-order valence-electron chi connectivity index (χ1n) is 6.26. The number of sulfonamides is 1. The number of carbonyl (C=O) groups excluding carboxylic acids is 1. The van der Waals surface area contributed by atoms with Crippen LogP contribution in [-0.2, 0) is 14.8 Å². The zero-order valence-electron chi connectivity index (χ0n) is 12.1. The third-order valence-corrected chi connectivity index (χ3v) is 4.04. The lowest BCUT2D eigenvalue weighted by Crippen LogP contribution is -2.32. The van der Waals surface area contributed by atoms with E-state index in [1.165, 1.54) is 11.0 Å². The number of nitrogens with zero attached hydrogens (tertiary/aromatic N) is 2. The lowest BCUT2D eigenvalue weighted by molar-refractivity contribution is -0.128. The van der Waals surface area contributed by atoms with Crippen molar-refractivity contribution in [2.75, 3.05) is 31.2 Å². The average molecular weight is 320 g/mol. The van der Waals surface area contributed by atoms with E-state index in [4.69, 9.17) is 0 Å². The van der Waals surface area contributed by atoms with E-state index in [1.807, 2.05) is 0 Å². The Kier molecular flexibility index (Phi) is 5.65. The fourth-order valence-corrected chi connectivity index (χ4v) is 2.68. The van der Waals surface area contributed by atoms with Gasteiger partial charge in [-0.3, -0.25) is 9.10 Å². The third-order valence-electron chi connectivity index (χ3n) is 2.84. The predicted molar refractivity (Wildman–Crippen MR) is 76.5 cm³/mol. The van der Waals surface area contributed by atoms with Gasteiger partial charge in [0, 0.05) is 33.1 Å². The van der Waals surface area contributed by atoms with E-state index in [0.717, 1.165) is 22.7 Å². The molecule has 0 fully saturated rings. The first-order valence-corrected chi connectivity index (χ1v) is 8.10. The van der Waals surface area contributed by atoms with Crippen LogP contribution in [-0.4, -0.2) is 46.1 Å². The molecule has 1 aromatic rings. The molecule has 8 heteroatoms. The Hall–Kier alpha value is -1.70. The summed E-state index contributed by atoms with van der Waals surface area (Å²) in [6, 6.07) is 2.88. The summed E-state index contributed by atoms with van der Waals surface area (Å²) in [7, 11) is -0.440. The first-order chi connectivity index (χ1) is 9.62. The summed E-state index contributed by atoms with van der Waals surface area (Å²) in [5.41, 5.74) is 0.0358. The monoisotopic (exact) mass is 320 g/mol. The molecule has 1 amide bonds. The molecule has 0 aliphatic rings. The van der Waals surface area contributed by atoms with Crippen LogP contribution >= 0.6 is 0 Å². The van der Waals surface area contributed by atoms with E-state index in [9.17, 15) is 22.0 Å². The molecule has 0 N–H and O–H groups in total. The summed E-state index contributed by atoms with van der Waals surface area (Å²) < 4.78 is 50.6. The van der Waals surface area contributed by atoms with E-state index >= 15 is 0 Å². The normalized spacial score (nSPS) is 11.3. The average Bonchev–Trinajstić information content (AvgIpc) is 2.36. The molecule has 0 saturated carbocycles. The minimum atomic E-state index is -3.65. The summed E-state index contributed by atoms with van der Waals surface area (Å²) in [5, 5.41) is 0. The van der Waals surface area contributed by atoms with Gasteiger partial charge in [0.25, 0.3) is 0 Å². The maximum absolute atomic E-state index is 13.2. The molecule has 0 saturated heterocycles. The van der Waals surface area contributed by atoms with Crippen LogP contribution in [0, 0.1) is 11.6 Å². The number of rotatable bonds is 6. The highest BCUT2D eigenvalue weighted by Gasteiger charge is 2.19. The molecular weight excluding hydrogens is 302 g/mol. The van der Waals surface area contributed by atoms with Gasteiger partial charge < -0.3 is 4.90 Å². The smallest absolute Gasteiger partial charge is 0.232 e. The van der Waals surface area contributed by atoms with Crippen molar-refractivity contribution in [1.82, 2.24) is 4.90 Å². The zero-order chi connectivity index (χ0) is 16.2. The summed E-state index contributed by atoms with van der Waals surface area (Å²) in [6.07, 6.45) is 1.42. The molecule has 0 unspecified atom stereocenters. The molecule has 1 aromatic carbocycles. The van der Waals surface area contributed by atoms with Gasteiger partial charge in [0.15, 0.2) is 11.6 Å². The molecule has 21 heavy (non-hydrogen) atoms. The van der Waals surface area contributed by atoms with Crippen LogP contribution in [0.1, 0.15) is 12.8 Å². The van der Waals surface area contributed by atoms with Crippen molar-refractivity contribution in [3.05, 3.63) is 29.8 Å². The second-order valence-electron chi connectivity index (χ2n) is 4.83. The molecule has 0 heterocycles. The minimum Gasteiger partial charge on any atom is -0.349 e. The Morgan fingerprint density at radius 1 is 1.19 bits per heavy atom. The van der Waals surface area contributed by atoms with Gasteiger partial charge in [-0.25, -0.2) is 17.2 Å². The van der Waals surface area contributed by atoms with Crippen molar-refractivity contribution in [2.24, 2.45) is 0 Å². The van der Waals surface area contributed by atoms with Crippen LogP contribution in [0.4, 0.5) is 14.5 Å². The Labute approximate surface area is 123 Å². The van der Waals surface area contributed by atoms with Gasteiger partial charge in [-0.15, -0.1) is 0 Å². The topological polar surface area (TPSA) is 57.7 Å². The van der Waals surface area contributed by atoms with Gasteiger partial charge in [-0.05, 0) is 18.6 Å². The zero-order valence-corrected chi connectivity index (χ0v) is 13.0. The lowest BCUT2D eigenvalue weighted by Gasteiger charge is -2.22. The molecule has 0 radical (unpaired) electrons. The molecule has 0 aliphatic heterocycles. The van der Waals surface area contributed by atoms with Gasteiger partial charge in [-0.2, -0.15) is 0 Å². The number of amides is 1. The van der Waals surface area contributed by atoms with Crippen LogP contribution in [0.2, 0.25) is 0 Å². The van der Waals surface area contributed by atoms with Gasteiger partial charge in [0.2, 0.25) is 15.9 Å². The maximum atomic E-state index is 13.2. The van der Waals surface area contributed by atoms with Crippen LogP contribution in [0.5, 0.6) is 0 Å². The number of benzene rings is 1. The van der Waals surface area contributed by atoms with Crippen LogP contribution in [0.15, 0.2) is 18.2 Å². The first kappa shape index (κ1) is 17.4. The van der Waals surface area contributed by atoms with E-state index in [1.54, 1.807) is 14.1 Å². The Balaban J connectivity index is 2.87. The third kappa shape index (κ3) is 4.96. The Morgan fingerprint density at radius 3 is 2.29 bits per heavy atom. The van der Waals surface area contributed by atoms with Gasteiger partial charge >= 0.3 is 0 Å². The van der Waals surface area contributed by atoms with Gasteiger partial charge in [0.1, 0.15) is 0 Å². The van der Waals surface area contributed by atoms with Crippen molar-refractivity contribution in [1.29, 1.82) is 0 Å². The van der Waals surface area contributed by atoms with Crippen LogP contribution in [0.25, 0.3) is 0 Å². The van der Waals surface area contributed by atoms with Crippen LogP contribution in [0.3, 0.4) is 0 Å². The lowest BCUT2D eigenvalue weighted by atomic mass is 10.2. The molecule has 0 aromatic heterocycles. The highest BCUT2D eigenvalue weighted by molar-refractivity contribution is 7.92. The molecule has 1 rings (SSSR count). The summed E-state index contributed by atoms with van der Waals surface area (Å²) in [5.74, 6) is -2.30. The van der Waals surface area contributed by atoms with Crippen molar-refractivity contribution in [3.8, 4) is 0 Å². The predicted octanol–water partition coefficient (Wildman–Crippen LogP) is 1.60. The van der Waals surface area contributed by atoms with Crippen molar-refractivity contribution in [2.45, 2.75) is 12.8 Å². The Bertz CT molecular complexity index is 618. The van der Waals surface area contributed by atoms with E-state index in [-0.39, 0.29) is 31.0 Å². The van der Waals surface area contributed by atoms with E-state index in [0.29, 0.717) is 0 Å². The second kappa shape index (κ2) is 6.84. The van der Waals surface area contributed by atoms with E-state index in [2.05, 4.69) is 0 Å². The number of anilines is 1. The quantitative estimate of drug-likeness (QED) is 0.800. The standard InChI is InChI=1S/C13H18F2N2O3S/c1-16(2)13(18)5-4-8-17(21(3,19)20)10-6-7-11(14)12(15)9-10/h6-7,9H,4-5,8H2,1-3H3. The second-order valence-corrected chi connectivity index (χ2v) is 6.73. The van der Waals surface area contributed by atoms with Gasteiger partial charge in [0.05, 0.1) is 11.9 Å². The van der Waals surface area contributed by atoms with Crippen molar-refractivity contribution >= 4 is 21.6 Å². The SMILES string of the molecule is CN(C)C(=O)CCCN(c1ccc(F)c(F)c1)S(C)(=O)=O. The summed E-state index contributed by atoms with van der Waals surface area (Å²) in [4.78, 5) is 12.9. The van der Waals surface area contributed by atoms with E-state index < -0.39 is 21.7 Å². The number of halogens is 2. The molecule has 118 valence electrons. The van der Waals surface area contributed by atoms with Crippen LogP contribution < -0.4 is 4.31 Å². The summed E-state index contributed by atoms with van der Waals surface area (Å²) >= 11 is 0. The molecule has 0 spiro atoms. The summed E-state index contributed by atoms with van der Waals surface area (Å²) in [6.45, 7) is 0.0173. The molecule has 0 atom stereocenters. The number of carbonyl (C=O) groups is 1. The highest BCUT2D eigenvalue weighted by atomic mass is 32.2. The molecule has 0 aliphatic carbocycles. The van der Waals surface area contributed by atoms with Crippen molar-refractivity contribution < 1.29 is 22.0 Å².